The number of benzene rings is 1. The number of hydrogen-bond acceptors (Lipinski definition) is 3. The summed E-state index contributed by atoms with van der Waals surface area (Å²) < 4.78 is 13.4. The number of fused-ring (bicyclic) bond motifs is 1. The van der Waals surface area contributed by atoms with Crippen LogP contribution in [0.25, 0.3) is 11.0 Å². The summed E-state index contributed by atoms with van der Waals surface area (Å²) in [6, 6.07) is 11.3. The zero-order valence-corrected chi connectivity index (χ0v) is 15.6. The summed E-state index contributed by atoms with van der Waals surface area (Å²) in [7, 11) is 8.05. The summed E-state index contributed by atoms with van der Waals surface area (Å²) >= 11 is 0. The van der Waals surface area contributed by atoms with Crippen molar-refractivity contribution in [1.82, 2.24) is 14.9 Å². The molecule has 0 aliphatic rings. The maximum absolute atomic E-state index is 13.4. The lowest BCUT2D eigenvalue weighted by molar-refractivity contribution is 0.403. The highest BCUT2D eigenvalue weighted by atomic mass is 19.1. The van der Waals surface area contributed by atoms with Crippen LogP contribution < -0.4 is 4.90 Å². The van der Waals surface area contributed by atoms with Gasteiger partial charge >= 0.3 is 0 Å². The van der Waals surface area contributed by atoms with E-state index < -0.39 is 5.95 Å². The van der Waals surface area contributed by atoms with E-state index in [9.17, 15) is 4.39 Å². The number of halogens is 1. The molecule has 0 aliphatic heterocycles. The molecule has 0 bridgehead atoms. The SMILES string of the molecule is CN(C)Cc1c(CC#Cc2ccc(N(C)C)cc2)[nH]c2nc(F)ccc12.[HH]. The minimum absolute atomic E-state index is 0. The van der Waals surface area contributed by atoms with Crippen molar-refractivity contribution in [2.24, 2.45) is 0 Å². The summed E-state index contributed by atoms with van der Waals surface area (Å²) in [5.74, 6) is 5.94. The molecule has 0 saturated heterocycles. The lowest BCUT2D eigenvalue weighted by Gasteiger charge is -2.11. The molecule has 136 valence electrons. The Morgan fingerprint density at radius 1 is 1.08 bits per heavy atom. The van der Waals surface area contributed by atoms with E-state index in [1.165, 1.54) is 6.07 Å². The molecule has 3 aromatic rings. The summed E-state index contributed by atoms with van der Waals surface area (Å²) in [6.07, 6.45) is 0.566. The number of anilines is 1. The molecule has 1 aromatic carbocycles. The molecule has 1 N–H and O–H groups in total. The van der Waals surface area contributed by atoms with Gasteiger partial charge in [0.25, 0.3) is 0 Å². The lowest BCUT2D eigenvalue weighted by Crippen LogP contribution is -2.11. The smallest absolute Gasteiger partial charge is 0.214 e. The maximum atomic E-state index is 13.4. The fourth-order valence-electron chi connectivity index (χ4n) is 2.88. The number of aromatic nitrogens is 2. The average Bonchev–Trinajstić information content (AvgIpc) is 2.91. The molecule has 4 nitrogen and oxygen atoms in total. The van der Waals surface area contributed by atoms with Crippen LogP contribution in [0.5, 0.6) is 0 Å². The third-order valence-corrected chi connectivity index (χ3v) is 4.18. The van der Waals surface area contributed by atoms with Gasteiger partial charge in [-0.15, -0.1) is 0 Å². The second-order valence-electron chi connectivity index (χ2n) is 6.77. The second kappa shape index (κ2) is 7.59. The van der Waals surface area contributed by atoms with Crippen LogP contribution in [-0.2, 0) is 13.0 Å². The highest BCUT2D eigenvalue weighted by Crippen LogP contribution is 2.23. The van der Waals surface area contributed by atoms with Gasteiger partial charge in [0.1, 0.15) is 5.65 Å². The predicted molar refractivity (Wildman–Crippen MR) is 107 cm³/mol. The lowest BCUT2D eigenvalue weighted by atomic mass is 10.1. The van der Waals surface area contributed by atoms with Crippen LogP contribution in [0.1, 0.15) is 18.2 Å². The molecular weight excluding hydrogens is 327 g/mol. The van der Waals surface area contributed by atoms with Gasteiger partial charge in [-0.3, -0.25) is 0 Å². The van der Waals surface area contributed by atoms with Gasteiger partial charge in [0.05, 0.1) is 0 Å². The molecule has 2 heterocycles. The highest BCUT2D eigenvalue weighted by Gasteiger charge is 2.13. The molecule has 0 saturated carbocycles. The first-order chi connectivity index (χ1) is 12.4. The molecule has 5 heteroatoms. The summed E-state index contributed by atoms with van der Waals surface area (Å²) in [5, 5.41) is 0.951. The Balaban J connectivity index is 0.00000261. The van der Waals surface area contributed by atoms with Gasteiger partial charge < -0.3 is 14.8 Å². The van der Waals surface area contributed by atoms with E-state index in [0.29, 0.717) is 12.1 Å². The van der Waals surface area contributed by atoms with Gasteiger partial charge in [-0.1, -0.05) is 11.8 Å². The van der Waals surface area contributed by atoms with E-state index in [-0.39, 0.29) is 1.43 Å². The number of hydrogen-bond donors (Lipinski definition) is 1. The van der Waals surface area contributed by atoms with Gasteiger partial charge in [0, 0.05) is 50.8 Å². The van der Waals surface area contributed by atoms with E-state index in [1.807, 2.05) is 40.3 Å². The Labute approximate surface area is 155 Å². The van der Waals surface area contributed by atoms with Crippen molar-refractivity contribution in [3.63, 3.8) is 0 Å². The van der Waals surface area contributed by atoms with Crippen LogP contribution in [0.4, 0.5) is 10.1 Å². The fraction of sp³-hybridized carbons (Fsp3) is 0.286. The Hall–Kier alpha value is -2.84. The third kappa shape index (κ3) is 4.04. The fourth-order valence-corrected chi connectivity index (χ4v) is 2.88. The zero-order valence-electron chi connectivity index (χ0n) is 15.6. The van der Waals surface area contributed by atoms with Crippen molar-refractivity contribution in [3.8, 4) is 11.8 Å². The normalized spacial score (nSPS) is 10.8. The largest absolute Gasteiger partial charge is 0.378 e. The topological polar surface area (TPSA) is 35.2 Å². The molecule has 26 heavy (non-hydrogen) atoms. The molecule has 0 atom stereocenters. The van der Waals surface area contributed by atoms with Crippen molar-refractivity contribution < 1.29 is 5.82 Å². The standard InChI is InChI=1S/C21H23FN4.H2/c1-25(2)14-18-17-12-13-20(22)24-21(17)23-19(18)7-5-6-15-8-10-16(11-9-15)26(3)4;/h8-13H,7,14H2,1-4H3,(H,23,24);1H. The van der Waals surface area contributed by atoms with Gasteiger partial charge in [-0.25, -0.2) is 4.98 Å². The van der Waals surface area contributed by atoms with E-state index >= 15 is 0 Å². The first-order valence-electron chi connectivity index (χ1n) is 8.51. The van der Waals surface area contributed by atoms with Crippen LogP contribution in [0, 0.1) is 17.8 Å². The minimum atomic E-state index is -0.478. The van der Waals surface area contributed by atoms with Crippen molar-refractivity contribution in [2.75, 3.05) is 33.1 Å². The first kappa shape index (κ1) is 18.0. The van der Waals surface area contributed by atoms with E-state index in [0.717, 1.165) is 34.4 Å². The first-order valence-corrected chi connectivity index (χ1v) is 8.51. The molecular formula is C21H25FN4. The molecule has 2 aromatic heterocycles. The number of H-pyrrole nitrogens is 1. The summed E-state index contributed by atoms with van der Waals surface area (Å²) in [5.41, 5.74) is 4.81. The highest BCUT2D eigenvalue weighted by molar-refractivity contribution is 5.81. The van der Waals surface area contributed by atoms with E-state index in [2.05, 4.69) is 43.7 Å². The van der Waals surface area contributed by atoms with Crippen LogP contribution >= 0.6 is 0 Å². The average molecular weight is 352 g/mol. The van der Waals surface area contributed by atoms with Gasteiger partial charge in [-0.2, -0.15) is 4.39 Å². The summed E-state index contributed by atoms with van der Waals surface area (Å²) in [6.45, 7) is 0.752. The Bertz CT molecular complexity index is 965. The van der Waals surface area contributed by atoms with Crippen molar-refractivity contribution >= 4 is 16.7 Å². The predicted octanol–water partition coefficient (Wildman–Crippen LogP) is 3.67. The zero-order chi connectivity index (χ0) is 18.7. The monoisotopic (exact) mass is 352 g/mol. The third-order valence-electron chi connectivity index (χ3n) is 4.18. The quantitative estimate of drug-likeness (QED) is 0.575. The van der Waals surface area contributed by atoms with Crippen LogP contribution in [0.3, 0.4) is 0 Å². The Kier molecular flexibility index (Phi) is 5.24. The van der Waals surface area contributed by atoms with Gasteiger partial charge in [0.2, 0.25) is 5.95 Å². The maximum Gasteiger partial charge on any atom is 0.214 e. The molecule has 0 aliphatic carbocycles. The van der Waals surface area contributed by atoms with E-state index in [4.69, 9.17) is 0 Å². The Morgan fingerprint density at radius 3 is 2.46 bits per heavy atom. The van der Waals surface area contributed by atoms with Crippen LogP contribution in [-0.4, -0.2) is 43.1 Å². The van der Waals surface area contributed by atoms with Crippen molar-refractivity contribution in [1.29, 1.82) is 0 Å². The van der Waals surface area contributed by atoms with Gasteiger partial charge in [-0.05, 0) is 56.1 Å². The molecule has 0 unspecified atom stereocenters. The molecule has 3 rings (SSSR count). The van der Waals surface area contributed by atoms with Crippen molar-refractivity contribution in [3.05, 3.63) is 59.2 Å². The van der Waals surface area contributed by atoms with E-state index in [1.54, 1.807) is 6.07 Å². The number of aromatic amines is 1. The van der Waals surface area contributed by atoms with Crippen LogP contribution in [0.2, 0.25) is 0 Å². The number of rotatable bonds is 4. The minimum Gasteiger partial charge on any atom is -0.378 e. The number of nitrogens with zero attached hydrogens (tertiary/aromatic N) is 3. The van der Waals surface area contributed by atoms with Crippen LogP contribution in [0.15, 0.2) is 36.4 Å². The molecule has 0 amide bonds. The number of nitrogens with one attached hydrogen (secondary N) is 1. The van der Waals surface area contributed by atoms with Crippen molar-refractivity contribution in [2.45, 2.75) is 13.0 Å². The molecule has 0 fully saturated rings. The van der Waals surface area contributed by atoms with Gasteiger partial charge in [0.15, 0.2) is 0 Å². The second-order valence-corrected chi connectivity index (χ2v) is 6.77. The molecule has 0 radical (unpaired) electrons. The summed E-state index contributed by atoms with van der Waals surface area (Å²) in [4.78, 5) is 11.3. The number of pyridine rings is 1. The Morgan fingerprint density at radius 2 is 1.81 bits per heavy atom. The molecule has 0 spiro atoms.